The number of nitrogens with one attached hydrogen (secondary N) is 1. The number of benzene rings is 1. The van der Waals surface area contributed by atoms with Crippen LogP contribution in [0.5, 0.6) is 0 Å². The van der Waals surface area contributed by atoms with Crippen LogP contribution in [0.2, 0.25) is 0 Å². The van der Waals surface area contributed by atoms with Gasteiger partial charge in [0.15, 0.2) is 0 Å². The van der Waals surface area contributed by atoms with Crippen molar-refractivity contribution < 1.29 is 9.59 Å². The molecule has 1 aromatic carbocycles. The number of amides is 2. The Balaban J connectivity index is 1.36. The lowest BCUT2D eigenvalue weighted by Gasteiger charge is -2.37. The van der Waals surface area contributed by atoms with Crippen LogP contribution < -0.4 is 10.7 Å². The summed E-state index contributed by atoms with van der Waals surface area (Å²) in [7, 11) is 0. The number of aromatic nitrogens is 2. The average Bonchev–Trinajstić information content (AvgIpc) is 3.54. The molecule has 2 heterocycles. The standard InChI is InChI=1S/C20H25N5O3/c1-14(20(28)22-15-6-7-15)23-8-10-24(11-9-23)19(27)13-25-17-5-3-2-4-16(17)18(26)12-21-25/h2-5,12,14-15H,6-11,13H2,1H3,(H,22,28). The molecule has 1 atom stereocenters. The minimum Gasteiger partial charge on any atom is -0.352 e. The molecule has 148 valence electrons. The van der Waals surface area contributed by atoms with Crippen molar-refractivity contribution in [3.8, 4) is 0 Å². The van der Waals surface area contributed by atoms with E-state index in [2.05, 4.69) is 15.3 Å². The van der Waals surface area contributed by atoms with Crippen molar-refractivity contribution in [1.29, 1.82) is 0 Å². The molecule has 2 aromatic rings. The highest BCUT2D eigenvalue weighted by Gasteiger charge is 2.30. The minimum absolute atomic E-state index is 0.0314. The molecule has 4 rings (SSSR count). The second-order valence-electron chi connectivity index (χ2n) is 7.56. The van der Waals surface area contributed by atoms with E-state index in [9.17, 15) is 14.4 Å². The number of fused-ring (bicyclic) bond motifs is 1. The largest absolute Gasteiger partial charge is 0.352 e. The van der Waals surface area contributed by atoms with Gasteiger partial charge in [-0.05, 0) is 31.9 Å². The molecule has 1 N–H and O–H groups in total. The van der Waals surface area contributed by atoms with Crippen molar-refractivity contribution in [2.24, 2.45) is 0 Å². The van der Waals surface area contributed by atoms with Gasteiger partial charge in [-0.15, -0.1) is 0 Å². The second-order valence-corrected chi connectivity index (χ2v) is 7.56. The van der Waals surface area contributed by atoms with E-state index in [-0.39, 0.29) is 29.8 Å². The van der Waals surface area contributed by atoms with Crippen LogP contribution in [-0.2, 0) is 16.1 Å². The molecule has 0 bridgehead atoms. The molecule has 2 fully saturated rings. The third-order valence-electron chi connectivity index (χ3n) is 5.56. The third-order valence-corrected chi connectivity index (χ3v) is 5.56. The number of rotatable bonds is 5. The maximum atomic E-state index is 12.7. The van der Waals surface area contributed by atoms with E-state index in [1.54, 1.807) is 27.8 Å². The summed E-state index contributed by atoms with van der Waals surface area (Å²) in [5, 5.41) is 7.74. The molecular formula is C20H25N5O3. The Morgan fingerprint density at radius 1 is 1.18 bits per heavy atom. The zero-order valence-corrected chi connectivity index (χ0v) is 16.0. The molecule has 8 heteroatoms. The number of hydrogen-bond donors (Lipinski definition) is 1. The van der Waals surface area contributed by atoms with Gasteiger partial charge in [-0.2, -0.15) is 5.10 Å². The summed E-state index contributed by atoms with van der Waals surface area (Å²) in [6.07, 6.45) is 3.41. The number of carbonyl (C=O) groups is 2. The lowest BCUT2D eigenvalue weighted by molar-refractivity contribution is -0.135. The van der Waals surface area contributed by atoms with Crippen LogP contribution in [-0.4, -0.2) is 69.7 Å². The zero-order chi connectivity index (χ0) is 19.7. The van der Waals surface area contributed by atoms with Gasteiger partial charge in [0.05, 0.1) is 17.8 Å². The molecule has 1 saturated carbocycles. The molecule has 1 aromatic heterocycles. The molecule has 2 aliphatic rings. The maximum absolute atomic E-state index is 12.7. The Labute approximate surface area is 163 Å². The van der Waals surface area contributed by atoms with Crippen molar-refractivity contribution in [1.82, 2.24) is 24.9 Å². The van der Waals surface area contributed by atoms with Gasteiger partial charge >= 0.3 is 0 Å². The van der Waals surface area contributed by atoms with Gasteiger partial charge in [-0.25, -0.2) is 0 Å². The number of piperazine rings is 1. The molecule has 1 saturated heterocycles. The summed E-state index contributed by atoms with van der Waals surface area (Å²) in [6, 6.07) is 7.36. The van der Waals surface area contributed by atoms with E-state index in [1.807, 2.05) is 13.0 Å². The Hall–Kier alpha value is -2.74. The van der Waals surface area contributed by atoms with Gasteiger partial charge in [-0.3, -0.25) is 24.0 Å². The molecule has 1 aliphatic carbocycles. The smallest absolute Gasteiger partial charge is 0.244 e. The maximum Gasteiger partial charge on any atom is 0.244 e. The first-order valence-electron chi connectivity index (χ1n) is 9.80. The van der Waals surface area contributed by atoms with Crippen molar-refractivity contribution in [3.63, 3.8) is 0 Å². The fraction of sp³-hybridized carbons (Fsp3) is 0.500. The SMILES string of the molecule is CC(C(=O)NC1CC1)N1CCN(C(=O)Cn2ncc(=O)c3ccccc32)CC1. The monoisotopic (exact) mass is 383 g/mol. The van der Waals surface area contributed by atoms with Crippen LogP contribution in [0.1, 0.15) is 19.8 Å². The molecule has 1 aliphatic heterocycles. The second kappa shape index (κ2) is 7.71. The molecule has 28 heavy (non-hydrogen) atoms. The summed E-state index contributed by atoms with van der Waals surface area (Å²) in [5.74, 6) is 0.0437. The lowest BCUT2D eigenvalue weighted by Crippen LogP contribution is -2.55. The van der Waals surface area contributed by atoms with Gasteiger partial charge < -0.3 is 10.2 Å². The van der Waals surface area contributed by atoms with Crippen LogP contribution in [0, 0.1) is 0 Å². The summed E-state index contributed by atoms with van der Waals surface area (Å²) in [5.41, 5.74) is 0.513. The highest BCUT2D eigenvalue weighted by Crippen LogP contribution is 2.19. The van der Waals surface area contributed by atoms with Crippen molar-refractivity contribution in [2.75, 3.05) is 26.2 Å². The highest BCUT2D eigenvalue weighted by molar-refractivity contribution is 5.82. The summed E-state index contributed by atoms with van der Waals surface area (Å²) < 4.78 is 1.58. The topological polar surface area (TPSA) is 87.5 Å². The van der Waals surface area contributed by atoms with Crippen LogP contribution in [0.25, 0.3) is 10.9 Å². The van der Waals surface area contributed by atoms with E-state index >= 15 is 0 Å². The highest BCUT2D eigenvalue weighted by atomic mass is 16.2. The molecule has 0 spiro atoms. The lowest BCUT2D eigenvalue weighted by atomic mass is 10.2. The van der Waals surface area contributed by atoms with Crippen molar-refractivity contribution in [3.05, 3.63) is 40.7 Å². The molecule has 2 amide bonds. The first kappa shape index (κ1) is 18.6. The van der Waals surface area contributed by atoms with Crippen LogP contribution in [0.3, 0.4) is 0 Å². The van der Waals surface area contributed by atoms with Gasteiger partial charge in [-0.1, -0.05) is 12.1 Å². The molecule has 1 unspecified atom stereocenters. The van der Waals surface area contributed by atoms with Gasteiger partial charge in [0, 0.05) is 37.6 Å². The van der Waals surface area contributed by atoms with Gasteiger partial charge in [0.1, 0.15) is 6.54 Å². The van der Waals surface area contributed by atoms with Crippen LogP contribution in [0.15, 0.2) is 35.3 Å². The Morgan fingerprint density at radius 2 is 1.89 bits per heavy atom. The average molecular weight is 383 g/mol. The fourth-order valence-electron chi connectivity index (χ4n) is 3.59. The van der Waals surface area contributed by atoms with E-state index in [1.165, 1.54) is 6.20 Å². The quantitative estimate of drug-likeness (QED) is 0.797. The van der Waals surface area contributed by atoms with Crippen LogP contribution >= 0.6 is 0 Å². The minimum atomic E-state index is -0.178. The number of carbonyl (C=O) groups excluding carboxylic acids is 2. The zero-order valence-electron chi connectivity index (χ0n) is 16.0. The number of nitrogens with zero attached hydrogens (tertiary/aromatic N) is 4. The Bertz CT molecular complexity index is 944. The van der Waals surface area contributed by atoms with Gasteiger partial charge in [0.2, 0.25) is 17.2 Å². The Morgan fingerprint density at radius 3 is 2.61 bits per heavy atom. The number of para-hydroxylation sites is 1. The summed E-state index contributed by atoms with van der Waals surface area (Å²) in [4.78, 5) is 40.8. The normalized spacial score (nSPS) is 18.8. The molecule has 0 radical (unpaired) electrons. The molecule has 8 nitrogen and oxygen atoms in total. The Kier molecular flexibility index (Phi) is 5.13. The first-order valence-corrected chi connectivity index (χ1v) is 9.80. The summed E-state index contributed by atoms with van der Waals surface area (Å²) in [6.45, 7) is 4.52. The van der Waals surface area contributed by atoms with Gasteiger partial charge in [0.25, 0.3) is 0 Å². The third kappa shape index (κ3) is 3.91. The first-order chi connectivity index (χ1) is 13.5. The van der Waals surface area contributed by atoms with E-state index in [0.717, 1.165) is 12.8 Å². The van der Waals surface area contributed by atoms with Crippen LogP contribution in [0.4, 0.5) is 0 Å². The van der Waals surface area contributed by atoms with E-state index < -0.39 is 0 Å². The summed E-state index contributed by atoms with van der Waals surface area (Å²) >= 11 is 0. The van der Waals surface area contributed by atoms with E-state index in [0.29, 0.717) is 43.1 Å². The van der Waals surface area contributed by atoms with Crippen molar-refractivity contribution in [2.45, 2.75) is 38.4 Å². The predicted molar refractivity (Wildman–Crippen MR) is 105 cm³/mol. The van der Waals surface area contributed by atoms with Crippen molar-refractivity contribution >= 4 is 22.7 Å². The fourth-order valence-corrected chi connectivity index (χ4v) is 3.59. The number of hydrogen-bond acceptors (Lipinski definition) is 5. The molecular weight excluding hydrogens is 358 g/mol. The van der Waals surface area contributed by atoms with E-state index in [4.69, 9.17) is 0 Å². The predicted octanol–water partition coefficient (Wildman–Crippen LogP) is 0.208.